The molecule has 0 unspecified atom stereocenters. The third-order valence-electron chi connectivity index (χ3n) is 4.53. The smallest absolute Gasteiger partial charge is 0.416 e. The second-order valence-corrected chi connectivity index (χ2v) is 7.44. The summed E-state index contributed by atoms with van der Waals surface area (Å²) >= 11 is 1.26. The van der Waals surface area contributed by atoms with Crippen LogP contribution in [0.5, 0.6) is 5.75 Å². The molecule has 29 heavy (non-hydrogen) atoms. The number of methoxy groups -OCH3 is 1. The van der Waals surface area contributed by atoms with Gasteiger partial charge in [0.05, 0.1) is 17.2 Å². The van der Waals surface area contributed by atoms with Gasteiger partial charge in [-0.05, 0) is 42.0 Å². The number of nitrogens with zero attached hydrogens (tertiary/aromatic N) is 3. The zero-order valence-corrected chi connectivity index (χ0v) is 16.1. The molecular weight excluding hydrogens is 403 g/mol. The first kappa shape index (κ1) is 19.3. The van der Waals surface area contributed by atoms with E-state index < -0.39 is 11.7 Å². The van der Waals surface area contributed by atoms with Gasteiger partial charge in [0, 0.05) is 5.69 Å². The van der Waals surface area contributed by atoms with Crippen molar-refractivity contribution in [1.29, 1.82) is 0 Å². The normalized spacial score (nSPS) is 14.5. The van der Waals surface area contributed by atoms with Crippen molar-refractivity contribution in [2.75, 3.05) is 18.7 Å². The number of aromatic nitrogens is 1. The molecule has 0 saturated carbocycles. The van der Waals surface area contributed by atoms with Crippen LogP contribution in [0, 0.1) is 0 Å². The number of benzene rings is 2. The largest absolute Gasteiger partial charge is 0.497 e. The maximum absolute atomic E-state index is 13.0. The fourth-order valence-electron chi connectivity index (χ4n) is 3.01. The number of thiazole rings is 1. The summed E-state index contributed by atoms with van der Waals surface area (Å²) in [6, 6.07) is 12.3. The highest BCUT2D eigenvalue weighted by molar-refractivity contribution is 7.07. The lowest BCUT2D eigenvalue weighted by atomic mass is 10.2. The monoisotopic (exact) mass is 419 g/mol. The van der Waals surface area contributed by atoms with Crippen molar-refractivity contribution in [3.05, 3.63) is 79.3 Å². The van der Waals surface area contributed by atoms with Crippen LogP contribution in [0.2, 0.25) is 0 Å². The molecule has 4 rings (SSSR count). The van der Waals surface area contributed by atoms with Crippen molar-refractivity contribution < 1.29 is 17.9 Å². The molecule has 0 spiro atoms. The van der Waals surface area contributed by atoms with Gasteiger partial charge in [-0.15, -0.1) is 0 Å². The van der Waals surface area contributed by atoms with E-state index in [1.165, 1.54) is 22.0 Å². The number of ether oxygens (including phenoxy) is 1. The first-order valence-corrected chi connectivity index (χ1v) is 9.49. The van der Waals surface area contributed by atoms with E-state index in [4.69, 9.17) is 4.74 Å². The van der Waals surface area contributed by atoms with Gasteiger partial charge in [0.1, 0.15) is 19.1 Å². The number of rotatable bonds is 3. The summed E-state index contributed by atoms with van der Waals surface area (Å²) < 4.78 is 46.1. The van der Waals surface area contributed by atoms with Crippen LogP contribution in [0.3, 0.4) is 0 Å². The van der Waals surface area contributed by atoms with Gasteiger partial charge in [-0.25, -0.2) is 4.99 Å². The Morgan fingerprint density at radius 2 is 1.93 bits per heavy atom. The molecule has 1 aromatic heterocycles. The van der Waals surface area contributed by atoms with Crippen LogP contribution in [-0.2, 0) is 12.8 Å². The van der Waals surface area contributed by atoms with Gasteiger partial charge in [-0.3, -0.25) is 9.36 Å². The van der Waals surface area contributed by atoms with Gasteiger partial charge in [-0.2, -0.15) is 13.2 Å². The van der Waals surface area contributed by atoms with Crippen LogP contribution < -0.4 is 24.5 Å². The van der Waals surface area contributed by atoms with Crippen molar-refractivity contribution in [3.8, 4) is 5.75 Å². The molecule has 0 saturated heterocycles. The Labute approximate surface area is 167 Å². The Kier molecular flexibility index (Phi) is 4.91. The Bertz CT molecular complexity index is 1210. The molecule has 0 fully saturated rings. The summed E-state index contributed by atoms with van der Waals surface area (Å²) in [6.45, 7) is 0.329. The lowest BCUT2D eigenvalue weighted by molar-refractivity contribution is -0.137. The molecule has 2 heterocycles. The van der Waals surface area contributed by atoms with Gasteiger partial charge in [0.2, 0.25) is 0 Å². The maximum atomic E-state index is 13.0. The van der Waals surface area contributed by atoms with E-state index >= 15 is 0 Å². The number of hydrogen-bond acceptors (Lipinski definition) is 5. The average Bonchev–Trinajstić information content (AvgIpc) is 3.03. The van der Waals surface area contributed by atoms with E-state index in [2.05, 4.69) is 4.99 Å². The maximum Gasteiger partial charge on any atom is 0.416 e. The molecule has 9 heteroatoms. The Hall–Kier alpha value is -3.07. The predicted molar refractivity (Wildman–Crippen MR) is 105 cm³/mol. The lowest BCUT2D eigenvalue weighted by Gasteiger charge is -2.26. The second kappa shape index (κ2) is 7.40. The van der Waals surface area contributed by atoms with Crippen LogP contribution in [-0.4, -0.2) is 18.3 Å². The minimum atomic E-state index is -4.42. The topological polar surface area (TPSA) is 46.8 Å². The highest BCUT2D eigenvalue weighted by atomic mass is 32.1. The molecule has 0 amide bonds. The summed E-state index contributed by atoms with van der Waals surface area (Å²) in [6.07, 6.45) is -2.66. The zero-order valence-electron chi connectivity index (χ0n) is 15.3. The van der Waals surface area contributed by atoms with E-state index in [0.717, 1.165) is 23.4 Å². The number of fused-ring (bicyclic) bond motifs is 1. The molecule has 1 aliphatic heterocycles. The van der Waals surface area contributed by atoms with Crippen LogP contribution in [0.1, 0.15) is 11.1 Å². The quantitative estimate of drug-likeness (QED) is 0.656. The van der Waals surface area contributed by atoms with Gasteiger partial charge in [-0.1, -0.05) is 29.5 Å². The second-order valence-electron chi connectivity index (χ2n) is 6.43. The lowest BCUT2D eigenvalue weighted by Crippen LogP contribution is -2.42. The van der Waals surface area contributed by atoms with Crippen molar-refractivity contribution >= 4 is 23.1 Å². The van der Waals surface area contributed by atoms with Gasteiger partial charge in [0.25, 0.3) is 5.56 Å². The summed E-state index contributed by atoms with van der Waals surface area (Å²) in [7, 11) is 1.58. The third kappa shape index (κ3) is 3.91. The highest BCUT2D eigenvalue weighted by Crippen LogP contribution is 2.31. The summed E-state index contributed by atoms with van der Waals surface area (Å²) in [5.41, 5.74) is 0.262. The highest BCUT2D eigenvalue weighted by Gasteiger charge is 2.31. The van der Waals surface area contributed by atoms with Crippen LogP contribution in [0.25, 0.3) is 6.08 Å². The number of anilines is 1. The molecule has 150 valence electrons. The number of alkyl halides is 3. The Balaban J connectivity index is 1.66. The molecule has 0 aliphatic carbocycles. The number of hydrogen-bond donors (Lipinski definition) is 0. The van der Waals surface area contributed by atoms with Crippen molar-refractivity contribution in [3.63, 3.8) is 0 Å². The summed E-state index contributed by atoms with van der Waals surface area (Å²) in [5.74, 6) is 0.719. The minimum Gasteiger partial charge on any atom is -0.497 e. The molecule has 0 N–H and O–H groups in total. The molecule has 1 aliphatic rings. The fourth-order valence-corrected chi connectivity index (χ4v) is 3.97. The summed E-state index contributed by atoms with van der Waals surface area (Å²) in [5, 5.41) is 0. The fraction of sp³-hybridized carbons (Fsp3) is 0.200. The van der Waals surface area contributed by atoms with Crippen molar-refractivity contribution in [2.45, 2.75) is 12.8 Å². The van der Waals surface area contributed by atoms with E-state index in [0.29, 0.717) is 15.0 Å². The Morgan fingerprint density at radius 3 is 2.62 bits per heavy atom. The molecule has 3 aromatic rings. The van der Waals surface area contributed by atoms with Gasteiger partial charge in [0.15, 0.2) is 4.80 Å². The number of halogens is 3. The van der Waals surface area contributed by atoms with Crippen molar-refractivity contribution in [2.24, 2.45) is 4.99 Å². The molecule has 0 atom stereocenters. The molecule has 5 nitrogen and oxygen atoms in total. The van der Waals surface area contributed by atoms with E-state index in [1.807, 2.05) is 12.1 Å². The molecular formula is C20H16F3N3O2S. The van der Waals surface area contributed by atoms with E-state index in [-0.39, 0.29) is 18.9 Å². The minimum absolute atomic E-state index is 0.145. The molecule has 2 aromatic carbocycles. The molecule has 0 bridgehead atoms. The van der Waals surface area contributed by atoms with E-state index in [9.17, 15) is 18.0 Å². The molecule has 0 radical (unpaired) electrons. The first-order valence-electron chi connectivity index (χ1n) is 8.67. The van der Waals surface area contributed by atoms with E-state index in [1.54, 1.807) is 36.3 Å². The third-order valence-corrected chi connectivity index (χ3v) is 5.57. The van der Waals surface area contributed by atoms with Crippen LogP contribution in [0.15, 0.2) is 58.3 Å². The SMILES string of the molecule is COc1ccc(/C=c2\sc3n(c2=O)CN(c2cccc(C(F)(F)F)c2)CN=3)cc1. The standard InChI is InChI=1S/C20H16F3N3O2S/c1-28-16-7-5-13(6-8-16)9-17-18(27)26-12-25(11-24-19(26)29-17)15-4-2-3-14(10-15)20(21,22)23/h2-10H,11-12H2,1H3/b17-9-. The van der Waals surface area contributed by atoms with Gasteiger partial charge < -0.3 is 9.64 Å². The van der Waals surface area contributed by atoms with Gasteiger partial charge >= 0.3 is 6.18 Å². The Morgan fingerprint density at radius 1 is 1.17 bits per heavy atom. The summed E-state index contributed by atoms with van der Waals surface area (Å²) in [4.78, 5) is 19.4. The predicted octanol–water partition coefficient (Wildman–Crippen LogP) is 2.82. The van der Waals surface area contributed by atoms with Crippen LogP contribution in [0.4, 0.5) is 18.9 Å². The zero-order chi connectivity index (χ0) is 20.6. The average molecular weight is 419 g/mol. The first-order chi connectivity index (χ1) is 13.8. The van der Waals surface area contributed by atoms with Crippen molar-refractivity contribution in [1.82, 2.24) is 4.57 Å². The van der Waals surface area contributed by atoms with Crippen LogP contribution >= 0.6 is 11.3 Å².